The Bertz CT molecular complexity index is 842. The summed E-state index contributed by atoms with van der Waals surface area (Å²) in [6.07, 6.45) is 0.910. The van der Waals surface area contributed by atoms with Crippen LogP contribution in [0.2, 0.25) is 10.0 Å². The number of amides is 1. The Hall–Kier alpha value is -2.11. The van der Waals surface area contributed by atoms with E-state index in [1.165, 1.54) is 0 Å². The number of hydrogen-bond acceptors (Lipinski definition) is 4. The molecule has 1 amide bonds. The third-order valence-electron chi connectivity index (χ3n) is 4.65. The molecule has 2 heterocycles. The molecular formula is C19H17Cl2NO4. The van der Waals surface area contributed by atoms with E-state index < -0.39 is 0 Å². The van der Waals surface area contributed by atoms with Gasteiger partial charge in [-0.3, -0.25) is 4.79 Å². The van der Waals surface area contributed by atoms with E-state index in [2.05, 4.69) is 0 Å². The number of hydrogen-bond donors (Lipinski definition) is 0. The molecule has 2 aliphatic rings. The molecule has 0 saturated carbocycles. The van der Waals surface area contributed by atoms with Crippen molar-refractivity contribution in [3.8, 4) is 17.2 Å². The van der Waals surface area contributed by atoms with Gasteiger partial charge in [0.2, 0.25) is 6.79 Å². The third kappa shape index (κ3) is 3.55. The lowest BCUT2D eigenvalue weighted by Crippen LogP contribution is -2.32. The lowest BCUT2D eigenvalue weighted by molar-refractivity contribution is -0.132. The van der Waals surface area contributed by atoms with E-state index >= 15 is 0 Å². The Morgan fingerprint density at radius 2 is 2.00 bits per heavy atom. The van der Waals surface area contributed by atoms with Crippen LogP contribution >= 0.6 is 23.2 Å². The lowest BCUT2D eigenvalue weighted by Gasteiger charge is -2.17. The summed E-state index contributed by atoms with van der Waals surface area (Å²) in [6.45, 7) is 1.58. The van der Waals surface area contributed by atoms with Gasteiger partial charge >= 0.3 is 0 Å². The average Bonchev–Trinajstić information content (AvgIpc) is 3.29. The minimum atomic E-state index is -0.0562. The van der Waals surface area contributed by atoms with Crippen LogP contribution in [0.15, 0.2) is 36.4 Å². The van der Waals surface area contributed by atoms with Gasteiger partial charge < -0.3 is 19.1 Å². The number of fused-ring (bicyclic) bond motifs is 1. The van der Waals surface area contributed by atoms with E-state index in [4.69, 9.17) is 37.4 Å². The molecule has 1 saturated heterocycles. The van der Waals surface area contributed by atoms with Crippen LogP contribution in [-0.2, 0) is 4.79 Å². The Kier molecular flexibility index (Phi) is 4.83. The minimum absolute atomic E-state index is 0.0464. The number of benzene rings is 2. The first-order valence-electron chi connectivity index (χ1n) is 8.35. The van der Waals surface area contributed by atoms with Crippen molar-refractivity contribution in [2.45, 2.75) is 12.3 Å². The fourth-order valence-corrected chi connectivity index (χ4v) is 3.71. The van der Waals surface area contributed by atoms with E-state index in [9.17, 15) is 4.79 Å². The molecule has 0 aromatic heterocycles. The second-order valence-electron chi connectivity index (χ2n) is 6.30. The molecule has 1 fully saturated rings. The zero-order valence-electron chi connectivity index (χ0n) is 13.9. The topological polar surface area (TPSA) is 48.0 Å². The third-order valence-corrected chi connectivity index (χ3v) is 5.18. The molecule has 2 aromatic rings. The number of likely N-dealkylation sites (tertiary alicyclic amines) is 1. The zero-order chi connectivity index (χ0) is 18.1. The van der Waals surface area contributed by atoms with Gasteiger partial charge in [-0.1, -0.05) is 29.3 Å². The first-order chi connectivity index (χ1) is 12.6. The zero-order valence-corrected chi connectivity index (χ0v) is 15.4. The minimum Gasteiger partial charge on any atom is -0.482 e. The van der Waals surface area contributed by atoms with Crippen LogP contribution in [0.1, 0.15) is 17.9 Å². The van der Waals surface area contributed by atoms with Crippen molar-refractivity contribution in [1.29, 1.82) is 0 Å². The Morgan fingerprint density at radius 3 is 2.85 bits per heavy atom. The van der Waals surface area contributed by atoms with Crippen molar-refractivity contribution in [2.75, 3.05) is 26.5 Å². The summed E-state index contributed by atoms with van der Waals surface area (Å²) < 4.78 is 16.3. The standard InChI is InChI=1S/C19H17Cl2NO4/c20-14-2-4-16(15(21)8-14)24-10-19(23)22-6-5-13(9-22)12-1-3-17-18(7-12)26-11-25-17/h1-4,7-8,13H,5-6,9-11H2/t13-/m1/s1. The van der Waals surface area contributed by atoms with Gasteiger partial charge in [0.05, 0.1) is 5.02 Å². The number of carbonyl (C=O) groups excluding carboxylic acids is 1. The molecule has 0 spiro atoms. The highest BCUT2D eigenvalue weighted by molar-refractivity contribution is 6.35. The van der Waals surface area contributed by atoms with E-state index in [0.29, 0.717) is 28.9 Å². The maximum Gasteiger partial charge on any atom is 0.260 e. The van der Waals surface area contributed by atoms with Crippen LogP contribution < -0.4 is 14.2 Å². The summed E-state index contributed by atoms with van der Waals surface area (Å²) in [4.78, 5) is 14.3. The largest absolute Gasteiger partial charge is 0.482 e. The first-order valence-corrected chi connectivity index (χ1v) is 9.11. The van der Waals surface area contributed by atoms with Crippen LogP contribution in [0.25, 0.3) is 0 Å². The smallest absolute Gasteiger partial charge is 0.260 e. The monoisotopic (exact) mass is 393 g/mol. The second-order valence-corrected chi connectivity index (χ2v) is 7.15. The van der Waals surface area contributed by atoms with Crippen molar-refractivity contribution in [2.24, 2.45) is 0 Å². The van der Waals surface area contributed by atoms with Crippen molar-refractivity contribution in [3.63, 3.8) is 0 Å². The van der Waals surface area contributed by atoms with Gasteiger partial charge in [-0.25, -0.2) is 0 Å². The molecule has 136 valence electrons. The molecule has 0 radical (unpaired) electrons. The molecule has 0 aliphatic carbocycles. The summed E-state index contributed by atoms with van der Waals surface area (Å²) in [7, 11) is 0. The van der Waals surface area contributed by atoms with Crippen molar-refractivity contribution in [3.05, 3.63) is 52.0 Å². The Morgan fingerprint density at radius 1 is 1.15 bits per heavy atom. The van der Waals surface area contributed by atoms with Crippen LogP contribution in [0.4, 0.5) is 0 Å². The SMILES string of the molecule is O=C(COc1ccc(Cl)cc1Cl)N1CC[C@@H](c2ccc3c(c2)OCO3)C1. The summed E-state index contributed by atoms with van der Waals surface area (Å²) in [5.41, 5.74) is 1.16. The molecule has 4 rings (SSSR count). The Balaban J connectivity index is 1.35. The molecule has 26 heavy (non-hydrogen) atoms. The highest BCUT2D eigenvalue weighted by atomic mass is 35.5. The van der Waals surface area contributed by atoms with Gasteiger partial charge in [-0.2, -0.15) is 0 Å². The van der Waals surface area contributed by atoms with Crippen LogP contribution in [-0.4, -0.2) is 37.3 Å². The summed E-state index contributed by atoms with van der Waals surface area (Å²) in [5, 5.41) is 0.921. The highest BCUT2D eigenvalue weighted by Crippen LogP contribution is 2.37. The molecule has 2 aromatic carbocycles. The molecule has 1 atom stereocenters. The number of halogens is 2. The normalized spacial score (nSPS) is 18.2. The van der Waals surface area contributed by atoms with Gasteiger partial charge in [0.15, 0.2) is 18.1 Å². The van der Waals surface area contributed by atoms with Gasteiger partial charge in [0, 0.05) is 24.0 Å². The fraction of sp³-hybridized carbons (Fsp3) is 0.316. The van der Waals surface area contributed by atoms with Gasteiger partial charge in [0.1, 0.15) is 5.75 Å². The van der Waals surface area contributed by atoms with E-state index in [1.54, 1.807) is 18.2 Å². The number of carbonyl (C=O) groups is 1. The number of nitrogens with zero attached hydrogens (tertiary/aromatic N) is 1. The van der Waals surface area contributed by atoms with Gasteiger partial charge in [-0.15, -0.1) is 0 Å². The van der Waals surface area contributed by atoms with Crippen molar-refractivity contribution in [1.82, 2.24) is 4.90 Å². The second kappa shape index (κ2) is 7.25. The van der Waals surface area contributed by atoms with E-state index in [0.717, 1.165) is 23.5 Å². The molecule has 5 nitrogen and oxygen atoms in total. The van der Waals surface area contributed by atoms with Gasteiger partial charge in [-0.05, 0) is 42.3 Å². The molecular weight excluding hydrogens is 377 g/mol. The van der Waals surface area contributed by atoms with E-state index in [-0.39, 0.29) is 25.2 Å². The summed E-state index contributed by atoms with van der Waals surface area (Å²) in [5.74, 6) is 2.23. The first kappa shape index (κ1) is 17.3. The Labute approximate surface area is 161 Å². The highest BCUT2D eigenvalue weighted by Gasteiger charge is 2.28. The summed E-state index contributed by atoms with van der Waals surface area (Å²) >= 11 is 11.9. The number of rotatable bonds is 4. The fourth-order valence-electron chi connectivity index (χ4n) is 3.25. The quantitative estimate of drug-likeness (QED) is 0.783. The van der Waals surface area contributed by atoms with Gasteiger partial charge in [0.25, 0.3) is 5.91 Å². The maximum atomic E-state index is 12.4. The predicted molar refractivity (Wildman–Crippen MR) is 98.5 cm³/mol. The van der Waals surface area contributed by atoms with E-state index in [1.807, 2.05) is 23.1 Å². The molecule has 0 bridgehead atoms. The van der Waals surface area contributed by atoms with Crippen LogP contribution in [0.3, 0.4) is 0 Å². The van der Waals surface area contributed by atoms with Crippen LogP contribution in [0, 0.1) is 0 Å². The van der Waals surface area contributed by atoms with Crippen LogP contribution in [0.5, 0.6) is 17.2 Å². The lowest BCUT2D eigenvalue weighted by atomic mass is 9.98. The maximum absolute atomic E-state index is 12.4. The molecule has 0 N–H and O–H groups in total. The van der Waals surface area contributed by atoms with Crippen molar-refractivity contribution >= 4 is 29.1 Å². The molecule has 0 unspecified atom stereocenters. The number of ether oxygens (including phenoxy) is 3. The van der Waals surface area contributed by atoms with Crippen molar-refractivity contribution < 1.29 is 19.0 Å². The summed E-state index contributed by atoms with van der Waals surface area (Å²) in [6, 6.07) is 10.9. The average molecular weight is 394 g/mol. The predicted octanol–water partition coefficient (Wildman–Crippen LogP) is 4.12. The molecule has 2 aliphatic heterocycles. The molecule has 7 heteroatoms.